The highest BCUT2D eigenvalue weighted by Gasteiger charge is 2.31. The maximum atomic E-state index is 5.40. The summed E-state index contributed by atoms with van der Waals surface area (Å²) in [6, 6.07) is 2.22. The lowest BCUT2D eigenvalue weighted by Gasteiger charge is -2.41. The van der Waals surface area contributed by atoms with Crippen molar-refractivity contribution in [3.05, 3.63) is 0 Å². The molecule has 2 saturated heterocycles. The first-order valence-electron chi connectivity index (χ1n) is 9.38. The smallest absolute Gasteiger partial charge is 0.322 e. The van der Waals surface area contributed by atoms with Gasteiger partial charge in [0, 0.05) is 24.2 Å². The van der Waals surface area contributed by atoms with Gasteiger partial charge in [-0.25, -0.2) is 0 Å². The van der Waals surface area contributed by atoms with Gasteiger partial charge in [0.2, 0.25) is 11.9 Å². The Hall–Kier alpha value is -1.59. The molecule has 134 valence electrons. The van der Waals surface area contributed by atoms with E-state index in [9.17, 15) is 0 Å². The summed E-state index contributed by atoms with van der Waals surface area (Å²) in [5, 5.41) is 0. The fourth-order valence-corrected chi connectivity index (χ4v) is 4.29. The second-order valence-electron chi connectivity index (χ2n) is 7.49. The van der Waals surface area contributed by atoms with E-state index in [-0.39, 0.29) is 0 Å². The van der Waals surface area contributed by atoms with Crippen molar-refractivity contribution in [1.82, 2.24) is 15.0 Å². The molecular formula is C18H31N5O. The molecule has 2 fully saturated rings. The second kappa shape index (κ2) is 7.11. The molecule has 0 saturated carbocycles. The number of hydrogen-bond donors (Lipinski definition) is 0. The molecule has 2 aliphatic rings. The average Bonchev–Trinajstić information content (AvgIpc) is 2.54. The van der Waals surface area contributed by atoms with Gasteiger partial charge in [-0.3, -0.25) is 0 Å². The number of piperidine rings is 2. The average molecular weight is 333 g/mol. The van der Waals surface area contributed by atoms with Crippen LogP contribution in [0.3, 0.4) is 0 Å². The van der Waals surface area contributed by atoms with Gasteiger partial charge in [-0.05, 0) is 66.2 Å². The molecule has 3 rings (SSSR count). The van der Waals surface area contributed by atoms with Crippen LogP contribution in [0.15, 0.2) is 0 Å². The summed E-state index contributed by atoms with van der Waals surface area (Å²) in [6.07, 6.45) is 7.28. The minimum absolute atomic E-state index is 0.421. The number of rotatable bonds is 3. The van der Waals surface area contributed by atoms with Crippen molar-refractivity contribution in [2.24, 2.45) is 0 Å². The van der Waals surface area contributed by atoms with Crippen molar-refractivity contribution < 1.29 is 4.74 Å². The molecule has 0 spiro atoms. The highest BCUT2D eigenvalue weighted by Crippen LogP contribution is 2.31. The van der Waals surface area contributed by atoms with E-state index in [0.29, 0.717) is 30.2 Å². The van der Waals surface area contributed by atoms with Crippen LogP contribution in [0.4, 0.5) is 11.9 Å². The van der Waals surface area contributed by atoms with Gasteiger partial charge in [-0.1, -0.05) is 0 Å². The van der Waals surface area contributed by atoms with E-state index < -0.39 is 0 Å². The van der Waals surface area contributed by atoms with E-state index in [1.807, 2.05) is 0 Å². The molecule has 1 aromatic heterocycles. The van der Waals surface area contributed by atoms with Gasteiger partial charge < -0.3 is 14.5 Å². The molecule has 6 nitrogen and oxygen atoms in total. The second-order valence-corrected chi connectivity index (χ2v) is 7.49. The van der Waals surface area contributed by atoms with Gasteiger partial charge in [0.25, 0.3) is 0 Å². The molecule has 0 aromatic carbocycles. The molecule has 0 N–H and O–H groups in total. The zero-order chi connectivity index (χ0) is 17.3. The van der Waals surface area contributed by atoms with Crippen molar-refractivity contribution in [1.29, 1.82) is 0 Å². The molecule has 4 unspecified atom stereocenters. The van der Waals surface area contributed by atoms with Crippen LogP contribution in [-0.4, -0.2) is 46.2 Å². The van der Waals surface area contributed by atoms with Crippen molar-refractivity contribution >= 4 is 11.9 Å². The number of methoxy groups -OCH3 is 1. The van der Waals surface area contributed by atoms with Gasteiger partial charge in [0.15, 0.2) is 0 Å². The third-order valence-corrected chi connectivity index (χ3v) is 5.62. The summed E-state index contributed by atoms with van der Waals surface area (Å²) < 4.78 is 5.40. The number of ether oxygens (including phenoxy) is 1. The van der Waals surface area contributed by atoms with Crippen LogP contribution < -0.4 is 14.5 Å². The Morgan fingerprint density at radius 2 is 1.08 bits per heavy atom. The van der Waals surface area contributed by atoms with E-state index in [2.05, 4.69) is 47.5 Å². The van der Waals surface area contributed by atoms with E-state index in [4.69, 9.17) is 9.72 Å². The van der Waals surface area contributed by atoms with E-state index in [1.54, 1.807) is 7.11 Å². The van der Waals surface area contributed by atoms with Crippen LogP contribution in [0, 0.1) is 0 Å². The predicted octanol–water partition coefficient (Wildman–Crippen LogP) is 3.41. The van der Waals surface area contributed by atoms with Crippen molar-refractivity contribution in [3.63, 3.8) is 0 Å². The number of hydrogen-bond acceptors (Lipinski definition) is 6. The Kier molecular flexibility index (Phi) is 5.11. The predicted molar refractivity (Wildman–Crippen MR) is 96.9 cm³/mol. The van der Waals surface area contributed by atoms with E-state index in [0.717, 1.165) is 11.9 Å². The molecule has 1 aromatic rings. The van der Waals surface area contributed by atoms with Crippen LogP contribution in [0.2, 0.25) is 0 Å². The van der Waals surface area contributed by atoms with Crippen LogP contribution in [-0.2, 0) is 0 Å². The molecule has 0 radical (unpaired) electrons. The lowest BCUT2D eigenvalue weighted by Crippen LogP contribution is -2.47. The maximum absolute atomic E-state index is 5.40. The largest absolute Gasteiger partial charge is 0.467 e. The number of anilines is 2. The quantitative estimate of drug-likeness (QED) is 0.845. The van der Waals surface area contributed by atoms with Crippen molar-refractivity contribution in [2.45, 2.75) is 90.4 Å². The Morgan fingerprint density at radius 3 is 1.42 bits per heavy atom. The Morgan fingerprint density at radius 1 is 0.708 bits per heavy atom. The van der Waals surface area contributed by atoms with Gasteiger partial charge >= 0.3 is 6.01 Å². The minimum atomic E-state index is 0.421. The lowest BCUT2D eigenvalue weighted by molar-refractivity contribution is 0.363. The van der Waals surface area contributed by atoms with Crippen LogP contribution in [0.25, 0.3) is 0 Å². The van der Waals surface area contributed by atoms with Crippen molar-refractivity contribution in [3.8, 4) is 6.01 Å². The highest BCUT2D eigenvalue weighted by molar-refractivity contribution is 5.44. The third-order valence-electron chi connectivity index (χ3n) is 5.62. The summed E-state index contributed by atoms with van der Waals surface area (Å²) >= 11 is 0. The summed E-state index contributed by atoms with van der Waals surface area (Å²) in [7, 11) is 1.63. The summed E-state index contributed by atoms with van der Waals surface area (Å²) in [6.45, 7) is 9.05. The first kappa shape index (κ1) is 17.2. The fraction of sp³-hybridized carbons (Fsp3) is 0.833. The zero-order valence-electron chi connectivity index (χ0n) is 15.7. The Balaban J connectivity index is 1.99. The molecule has 0 bridgehead atoms. The van der Waals surface area contributed by atoms with Crippen LogP contribution in [0.5, 0.6) is 6.01 Å². The van der Waals surface area contributed by atoms with Crippen molar-refractivity contribution in [2.75, 3.05) is 16.9 Å². The molecular weight excluding hydrogens is 302 g/mol. The topological polar surface area (TPSA) is 54.4 Å². The lowest BCUT2D eigenvalue weighted by atomic mass is 9.98. The highest BCUT2D eigenvalue weighted by atomic mass is 16.5. The minimum Gasteiger partial charge on any atom is -0.467 e. The Bertz CT molecular complexity index is 502. The molecule has 3 heterocycles. The van der Waals surface area contributed by atoms with Gasteiger partial charge in [-0.2, -0.15) is 15.0 Å². The summed E-state index contributed by atoms with van der Waals surface area (Å²) in [5.41, 5.74) is 0. The van der Waals surface area contributed by atoms with Crippen LogP contribution in [0.1, 0.15) is 66.2 Å². The third kappa shape index (κ3) is 3.28. The monoisotopic (exact) mass is 333 g/mol. The molecule has 0 aliphatic carbocycles. The summed E-state index contributed by atoms with van der Waals surface area (Å²) in [4.78, 5) is 18.7. The zero-order valence-corrected chi connectivity index (χ0v) is 15.7. The normalized spacial score (nSPS) is 31.2. The fourth-order valence-electron chi connectivity index (χ4n) is 4.29. The molecule has 0 amide bonds. The van der Waals surface area contributed by atoms with E-state index >= 15 is 0 Å². The first-order valence-corrected chi connectivity index (χ1v) is 9.38. The van der Waals surface area contributed by atoms with Gasteiger partial charge in [-0.15, -0.1) is 0 Å². The van der Waals surface area contributed by atoms with Gasteiger partial charge in [0.05, 0.1) is 7.11 Å². The van der Waals surface area contributed by atoms with Gasteiger partial charge in [0.1, 0.15) is 0 Å². The first-order chi connectivity index (χ1) is 11.5. The molecule has 6 heteroatoms. The molecule has 24 heavy (non-hydrogen) atoms. The van der Waals surface area contributed by atoms with E-state index in [1.165, 1.54) is 38.5 Å². The summed E-state index contributed by atoms with van der Waals surface area (Å²) in [5.74, 6) is 1.53. The standard InChI is InChI=1S/C18H31N5O/c1-12-8-6-9-13(2)22(12)16-19-17(21-18(20-16)24-5)23-14(3)10-7-11-15(23)4/h12-15H,6-11H2,1-5H3. The maximum Gasteiger partial charge on any atom is 0.322 e. The Labute approximate surface area is 145 Å². The van der Waals surface area contributed by atoms with Crippen LogP contribution >= 0.6 is 0 Å². The molecule has 4 atom stereocenters. The molecule has 2 aliphatic heterocycles. The SMILES string of the molecule is COc1nc(N2C(C)CCCC2C)nc(N2C(C)CCCC2C)n1. The number of nitrogens with zero attached hydrogens (tertiary/aromatic N) is 5. The number of aromatic nitrogens is 3.